The molecule has 0 atom stereocenters. The molecule has 3 aromatic carbocycles. The number of nitrogens with zero attached hydrogens (tertiary/aromatic N) is 1. The number of fused-ring (bicyclic) bond motifs is 3. The molecule has 0 saturated carbocycles. The molecule has 1 heterocycles. The van der Waals surface area contributed by atoms with Gasteiger partial charge >= 0.3 is 0 Å². The molecule has 1 aliphatic carbocycles. The third-order valence-electron chi connectivity index (χ3n) is 5.39. The molecule has 5 rings (SSSR count). The third-order valence-corrected chi connectivity index (χ3v) is 6.39. The molecule has 1 aromatic heterocycles. The van der Waals surface area contributed by atoms with Gasteiger partial charge in [-0.05, 0) is 41.5 Å². The van der Waals surface area contributed by atoms with Gasteiger partial charge in [-0.1, -0.05) is 67.5 Å². The Kier molecular flexibility index (Phi) is 4.97. The fourth-order valence-electron chi connectivity index (χ4n) is 3.88. The van der Waals surface area contributed by atoms with E-state index in [4.69, 9.17) is 9.72 Å². The molecule has 0 saturated heterocycles. The number of thiazole rings is 1. The SMILES string of the molecule is CCCCCOc1ccc(C(=O)Nc2nc3c(s2)-c2cccc4cccc-3c24)cc1. The standard InChI is InChI=1S/C25H22N2O2S/c1-2-3-4-15-29-18-13-11-17(12-14-18)24(28)27-25-26-22-19-9-5-7-16-8-6-10-20(21(16)19)23(22)30-25/h5-14H,2-4,15H2,1H3,(H,26,27,28). The van der Waals surface area contributed by atoms with Crippen LogP contribution in [0, 0.1) is 0 Å². The van der Waals surface area contributed by atoms with Crippen LogP contribution < -0.4 is 10.1 Å². The molecule has 30 heavy (non-hydrogen) atoms. The maximum Gasteiger partial charge on any atom is 0.257 e. The Morgan fingerprint density at radius 2 is 1.77 bits per heavy atom. The second-order valence-electron chi connectivity index (χ2n) is 7.44. The average molecular weight is 415 g/mol. The summed E-state index contributed by atoms with van der Waals surface area (Å²) in [5.74, 6) is 0.632. The van der Waals surface area contributed by atoms with Gasteiger partial charge in [0.05, 0.1) is 17.2 Å². The van der Waals surface area contributed by atoms with Crippen molar-refractivity contribution in [1.82, 2.24) is 4.98 Å². The van der Waals surface area contributed by atoms with Crippen LogP contribution in [-0.2, 0) is 0 Å². The zero-order chi connectivity index (χ0) is 20.5. The maximum absolute atomic E-state index is 12.7. The second kappa shape index (κ2) is 7.92. The largest absolute Gasteiger partial charge is 0.494 e. The Morgan fingerprint density at radius 3 is 2.53 bits per heavy atom. The van der Waals surface area contributed by atoms with Gasteiger partial charge in [-0.15, -0.1) is 0 Å². The molecule has 0 bridgehead atoms. The van der Waals surface area contributed by atoms with Crippen molar-refractivity contribution < 1.29 is 9.53 Å². The zero-order valence-corrected chi connectivity index (χ0v) is 17.6. The number of benzene rings is 3. The summed E-state index contributed by atoms with van der Waals surface area (Å²) in [6.45, 7) is 2.88. The summed E-state index contributed by atoms with van der Waals surface area (Å²) in [6, 6.07) is 19.9. The number of aromatic nitrogens is 1. The van der Waals surface area contributed by atoms with Crippen molar-refractivity contribution in [2.75, 3.05) is 11.9 Å². The molecule has 1 amide bonds. The number of carbonyl (C=O) groups is 1. The van der Waals surface area contributed by atoms with Crippen molar-refractivity contribution in [2.45, 2.75) is 26.2 Å². The Hall–Kier alpha value is -3.18. The summed E-state index contributed by atoms with van der Waals surface area (Å²) in [5, 5.41) is 6.05. The molecule has 1 aliphatic rings. The lowest BCUT2D eigenvalue weighted by Gasteiger charge is -2.07. The fourth-order valence-corrected chi connectivity index (χ4v) is 4.89. The number of carbonyl (C=O) groups excluding carboxylic acids is 1. The first-order valence-electron chi connectivity index (χ1n) is 10.3. The minimum absolute atomic E-state index is 0.161. The normalized spacial score (nSPS) is 11.5. The molecule has 4 nitrogen and oxygen atoms in total. The number of hydrogen-bond donors (Lipinski definition) is 1. The molecular formula is C25H22N2O2S. The molecule has 4 aromatic rings. The van der Waals surface area contributed by atoms with Crippen molar-refractivity contribution in [1.29, 1.82) is 0 Å². The lowest BCUT2D eigenvalue weighted by molar-refractivity contribution is 0.102. The molecule has 0 fully saturated rings. The summed E-state index contributed by atoms with van der Waals surface area (Å²) >= 11 is 1.53. The van der Waals surface area contributed by atoms with Gasteiger partial charge < -0.3 is 4.74 Å². The van der Waals surface area contributed by atoms with Crippen LogP contribution in [-0.4, -0.2) is 17.5 Å². The highest BCUT2D eigenvalue weighted by atomic mass is 32.1. The third kappa shape index (κ3) is 3.35. The van der Waals surface area contributed by atoms with E-state index in [1.165, 1.54) is 34.1 Å². The molecule has 0 unspecified atom stereocenters. The fraction of sp³-hybridized carbons (Fsp3) is 0.200. The Labute approximate surface area is 179 Å². The molecule has 1 N–H and O–H groups in total. The number of anilines is 1. The van der Waals surface area contributed by atoms with E-state index in [0.29, 0.717) is 17.3 Å². The summed E-state index contributed by atoms with van der Waals surface area (Å²) in [4.78, 5) is 18.6. The topological polar surface area (TPSA) is 51.2 Å². The van der Waals surface area contributed by atoms with Gasteiger partial charge in [-0.25, -0.2) is 4.98 Å². The van der Waals surface area contributed by atoms with E-state index < -0.39 is 0 Å². The molecular weight excluding hydrogens is 392 g/mol. The number of unbranched alkanes of at least 4 members (excludes halogenated alkanes) is 2. The van der Waals surface area contributed by atoms with Crippen molar-refractivity contribution in [2.24, 2.45) is 0 Å². The van der Waals surface area contributed by atoms with Crippen LogP contribution in [0.25, 0.3) is 32.5 Å². The Bertz CT molecular complexity index is 1170. The minimum atomic E-state index is -0.161. The summed E-state index contributed by atoms with van der Waals surface area (Å²) in [7, 11) is 0. The van der Waals surface area contributed by atoms with Crippen molar-refractivity contribution in [3.8, 4) is 27.4 Å². The van der Waals surface area contributed by atoms with Crippen molar-refractivity contribution >= 4 is 33.1 Å². The molecule has 0 spiro atoms. The van der Waals surface area contributed by atoms with Gasteiger partial charge in [0.1, 0.15) is 5.75 Å². The first-order chi connectivity index (χ1) is 14.7. The van der Waals surface area contributed by atoms with Crippen LogP contribution in [0.4, 0.5) is 5.13 Å². The van der Waals surface area contributed by atoms with Crippen LogP contribution >= 0.6 is 11.3 Å². The Morgan fingerprint density at radius 1 is 1.00 bits per heavy atom. The lowest BCUT2D eigenvalue weighted by Crippen LogP contribution is -2.11. The number of nitrogens with one attached hydrogen (secondary N) is 1. The average Bonchev–Trinajstić information content (AvgIpc) is 3.31. The zero-order valence-electron chi connectivity index (χ0n) is 16.8. The molecule has 5 heteroatoms. The highest BCUT2D eigenvalue weighted by Crippen LogP contribution is 2.50. The van der Waals surface area contributed by atoms with Crippen LogP contribution in [0.1, 0.15) is 36.5 Å². The number of amides is 1. The van der Waals surface area contributed by atoms with Crippen LogP contribution in [0.3, 0.4) is 0 Å². The van der Waals surface area contributed by atoms with Gasteiger partial charge in [-0.2, -0.15) is 0 Å². The minimum Gasteiger partial charge on any atom is -0.494 e. The van der Waals surface area contributed by atoms with E-state index in [1.54, 1.807) is 12.1 Å². The van der Waals surface area contributed by atoms with Crippen LogP contribution in [0.2, 0.25) is 0 Å². The van der Waals surface area contributed by atoms with E-state index in [1.807, 2.05) is 12.1 Å². The predicted molar refractivity (Wildman–Crippen MR) is 123 cm³/mol. The summed E-state index contributed by atoms with van der Waals surface area (Å²) in [5.41, 5.74) is 3.88. The van der Waals surface area contributed by atoms with E-state index in [0.717, 1.165) is 34.7 Å². The first kappa shape index (κ1) is 18.8. The van der Waals surface area contributed by atoms with Gasteiger partial charge in [-0.3, -0.25) is 10.1 Å². The summed E-state index contributed by atoms with van der Waals surface area (Å²) < 4.78 is 5.72. The predicted octanol–water partition coefficient (Wildman–Crippen LogP) is 6.77. The molecule has 150 valence electrons. The van der Waals surface area contributed by atoms with E-state index in [2.05, 4.69) is 48.6 Å². The van der Waals surface area contributed by atoms with Crippen LogP contribution in [0.15, 0.2) is 60.7 Å². The lowest BCUT2D eigenvalue weighted by atomic mass is 10.0. The maximum atomic E-state index is 12.7. The van der Waals surface area contributed by atoms with Crippen molar-refractivity contribution in [3.63, 3.8) is 0 Å². The Balaban J connectivity index is 1.31. The number of hydrogen-bond acceptors (Lipinski definition) is 4. The number of ether oxygens (including phenoxy) is 1. The van der Waals surface area contributed by atoms with E-state index in [9.17, 15) is 4.79 Å². The quantitative estimate of drug-likeness (QED) is 0.299. The molecule has 0 radical (unpaired) electrons. The van der Waals surface area contributed by atoms with Crippen LogP contribution in [0.5, 0.6) is 5.75 Å². The van der Waals surface area contributed by atoms with Gasteiger partial charge in [0.25, 0.3) is 5.91 Å². The first-order valence-corrected chi connectivity index (χ1v) is 11.1. The second-order valence-corrected chi connectivity index (χ2v) is 8.44. The summed E-state index contributed by atoms with van der Waals surface area (Å²) in [6.07, 6.45) is 3.38. The van der Waals surface area contributed by atoms with Crippen molar-refractivity contribution in [3.05, 3.63) is 66.2 Å². The highest BCUT2D eigenvalue weighted by Gasteiger charge is 2.26. The monoisotopic (exact) mass is 414 g/mol. The van der Waals surface area contributed by atoms with E-state index >= 15 is 0 Å². The van der Waals surface area contributed by atoms with E-state index in [-0.39, 0.29) is 5.91 Å². The van der Waals surface area contributed by atoms with Gasteiger partial charge in [0, 0.05) is 16.7 Å². The number of rotatable bonds is 7. The highest BCUT2D eigenvalue weighted by molar-refractivity contribution is 7.20. The smallest absolute Gasteiger partial charge is 0.257 e. The van der Waals surface area contributed by atoms with Gasteiger partial charge in [0.2, 0.25) is 0 Å². The molecule has 0 aliphatic heterocycles. The van der Waals surface area contributed by atoms with Gasteiger partial charge in [0.15, 0.2) is 5.13 Å².